The number of alkyl halides is 1. The maximum absolute atomic E-state index is 13.3. The molecule has 0 aliphatic heterocycles. The van der Waals surface area contributed by atoms with E-state index in [2.05, 4.69) is 6.92 Å². The zero-order chi connectivity index (χ0) is 12.0. The lowest BCUT2D eigenvalue weighted by Crippen LogP contribution is -2.29. The molecule has 0 radical (unpaired) electrons. The lowest BCUT2D eigenvalue weighted by molar-refractivity contribution is 0.152. The molecule has 0 saturated carbocycles. The summed E-state index contributed by atoms with van der Waals surface area (Å²) < 4.78 is 13.3. The molecule has 2 atom stereocenters. The normalized spacial score (nSPS) is 15.1. The van der Waals surface area contributed by atoms with Gasteiger partial charge in [0.15, 0.2) is 0 Å². The lowest BCUT2D eigenvalue weighted by Gasteiger charge is -2.26. The summed E-state index contributed by atoms with van der Waals surface area (Å²) >= 11 is 0. The highest BCUT2D eigenvalue weighted by Crippen LogP contribution is 2.18. The molecule has 0 saturated heterocycles. The number of halogens is 1. The van der Waals surface area contributed by atoms with Gasteiger partial charge in [-0.2, -0.15) is 0 Å². The maximum Gasteiger partial charge on any atom is 0.115 e. The molecule has 2 nitrogen and oxygen atoms in total. The molecule has 0 aromatic heterocycles. The van der Waals surface area contributed by atoms with Crippen LogP contribution in [0.2, 0.25) is 0 Å². The third-order valence-electron chi connectivity index (χ3n) is 2.87. The van der Waals surface area contributed by atoms with Gasteiger partial charge in [0, 0.05) is 25.6 Å². The zero-order valence-electron chi connectivity index (χ0n) is 9.94. The van der Waals surface area contributed by atoms with Crippen LogP contribution in [-0.4, -0.2) is 36.4 Å². The Morgan fingerprint density at radius 3 is 2.50 bits per heavy atom. The highest BCUT2D eigenvalue weighted by atomic mass is 19.1. The van der Waals surface area contributed by atoms with Gasteiger partial charge in [0.2, 0.25) is 0 Å². The molecular weight excluding hydrogens is 205 g/mol. The Morgan fingerprint density at radius 2 is 1.94 bits per heavy atom. The Morgan fingerprint density at radius 1 is 1.31 bits per heavy atom. The second kappa shape index (κ2) is 6.61. The van der Waals surface area contributed by atoms with Crippen LogP contribution < -0.4 is 0 Å². The standard InChI is InChI=1S/C13H20FNO/c1-11(12-6-4-3-5-7-12)15(2)10-13(14)8-9-16/h3-7,11,13,16H,8-10H2,1-2H3. The van der Waals surface area contributed by atoms with Crippen molar-refractivity contribution in [2.75, 3.05) is 20.2 Å². The summed E-state index contributed by atoms with van der Waals surface area (Å²) in [6.45, 7) is 2.33. The van der Waals surface area contributed by atoms with E-state index in [1.165, 1.54) is 5.56 Å². The van der Waals surface area contributed by atoms with E-state index in [-0.39, 0.29) is 19.1 Å². The van der Waals surface area contributed by atoms with Gasteiger partial charge in [0.05, 0.1) is 0 Å². The summed E-state index contributed by atoms with van der Waals surface area (Å²) in [6, 6.07) is 10.2. The van der Waals surface area contributed by atoms with Crippen LogP contribution >= 0.6 is 0 Å². The summed E-state index contributed by atoms with van der Waals surface area (Å²) in [4.78, 5) is 1.97. The minimum atomic E-state index is -0.957. The highest BCUT2D eigenvalue weighted by Gasteiger charge is 2.15. The summed E-state index contributed by atoms with van der Waals surface area (Å²) in [5.74, 6) is 0. The predicted octanol–water partition coefficient (Wildman–Crippen LogP) is 2.40. The predicted molar refractivity (Wildman–Crippen MR) is 64.1 cm³/mol. The SMILES string of the molecule is CC(c1ccccc1)N(C)CC(F)CCO. The number of rotatable bonds is 6. The zero-order valence-corrected chi connectivity index (χ0v) is 9.94. The summed E-state index contributed by atoms with van der Waals surface area (Å²) in [5, 5.41) is 8.65. The van der Waals surface area contributed by atoms with Gasteiger partial charge >= 0.3 is 0 Å². The monoisotopic (exact) mass is 225 g/mol. The first-order valence-corrected chi connectivity index (χ1v) is 5.65. The van der Waals surface area contributed by atoms with Crippen molar-refractivity contribution in [3.63, 3.8) is 0 Å². The first-order valence-electron chi connectivity index (χ1n) is 5.65. The first kappa shape index (κ1) is 13.1. The van der Waals surface area contributed by atoms with Gasteiger partial charge in [-0.15, -0.1) is 0 Å². The molecule has 1 rings (SSSR count). The second-order valence-electron chi connectivity index (χ2n) is 4.14. The molecule has 90 valence electrons. The van der Waals surface area contributed by atoms with Gasteiger partial charge in [-0.3, -0.25) is 4.90 Å². The van der Waals surface area contributed by atoms with Crippen molar-refractivity contribution in [1.29, 1.82) is 0 Å². The Hall–Kier alpha value is -0.930. The molecule has 0 bridgehead atoms. The van der Waals surface area contributed by atoms with Gasteiger partial charge in [0.1, 0.15) is 6.17 Å². The van der Waals surface area contributed by atoms with Crippen LogP contribution in [0.5, 0.6) is 0 Å². The van der Waals surface area contributed by atoms with E-state index in [9.17, 15) is 4.39 Å². The lowest BCUT2D eigenvalue weighted by atomic mass is 10.1. The van der Waals surface area contributed by atoms with Crippen LogP contribution in [-0.2, 0) is 0 Å². The third kappa shape index (κ3) is 3.91. The smallest absolute Gasteiger partial charge is 0.115 e. The fourth-order valence-electron chi connectivity index (χ4n) is 1.69. The molecule has 0 amide bonds. The number of benzene rings is 1. The van der Waals surface area contributed by atoms with Crippen molar-refractivity contribution in [3.8, 4) is 0 Å². The number of nitrogens with zero attached hydrogens (tertiary/aromatic N) is 1. The molecule has 0 spiro atoms. The fraction of sp³-hybridized carbons (Fsp3) is 0.538. The molecule has 0 aliphatic rings. The van der Waals surface area contributed by atoms with E-state index in [4.69, 9.17) is 5.11 Å². The topological polar surface area (TPSA) is 23.5 Å². The average molecular weight is 225 g/mol. The van der Waals surface area contributed by atoms with Crippen molar-refractivity contribution in [2.24, 2.45) is 0 Å². The molecule has 2 unspecified atom stereocenters. The Labute approximate surface area is 96.7 Å². The molecule has 0 fully saturated rings. The highest BCUT2D eigenvalue weighted by molar-refractivity contribution is 5.18. The van der Waals surface area contributed by atoms with Crippen LogP contribution in [0.15, 0.2) is 30.3 Å². The molecule has 1 aromatic rings. The van der Waals surface area contributed by atoms with E-state index in [1.54, 1.807) is 0 Å². The largest absolute Gasteiger partial charge is 0.396 e. The van der Waals surface area contributed by atoms with E-state index < -0.39 is 6.17 Å². The average Bonchev–Trinajstić information content (AvgIpc) is 2.29. The molecule has 1 aromatic carbocycles. The third-order valence-corrected chi connectivity index (χ3v) is 2.87. The van der Waals surface area contributed by atoms with Gasteiger partial charge in [-0.1, -0.05) is 30.3 Å². The Kier molecular flexibility index (Phi) is 5.43. The van der Waals surface area contributed by atoms with E-state index in [0.29, 0.717) is 6.54 Å². The fourth-order valence-corrected chi connectivity index (χ4v) is 1.69. The van der Waals surface area contributed by atoms with E-state index >= 15 is 0 Å². The van der Waals surface area contributed by atoms with Crippen LogP contribution in [0.3, 0.4) is 0 Å². The van der Waals surface area contributed by atoms with Crippen molar-refractivity contribution < 1.29 is 9.50 Å². The van der Waals surface area contributed by atoms with Crippen molar-refractivity contribution in [1.82, 2.24) is 4.90 Å². The minimum Gasteiger partial charge on any atom is -0.396 e. The number of hydrogen-bond donors (Lipinski definition) is 1. The van der Waals surface area contributed by atoms with Gasteiger partial charge in [-0.05, 0) is 19.5 Å². The van der Waals surface area contributed by atoms with Gasteiger partial charge in [-0.25, -0.2) is 4.39 Å². The maximum atomic E-state index is 13.3. The molecule has 1 N–H and O–H groups in total. The van der Waals surface area contributed by atoms with E-state index in [1.807, 2.05) is 42.3 Å². The van der Waals surface area contributed by atoms with Crippen LogP contribution in [0.4, 0.5) is 4.39 Å². The second-order valence-corrected chi connectivity index (χ2v) is 4.14. The van der Waals surface area contributed by atoms with E-state index in [0.717, 1.165) is 0 Å². The quantitative estimate of drug-likeness (QED) is 0.803. The minimum absolute atomic E-state index is 0.0886. The summed E-state index contributed by atoms with van der Waals surface area (Å²) in [5.41, 5.74) is 1.18. The summed E-state index contributed by atoms with van der Waals surface area (Å²) in [6.07, 6.45) is -0.743. The molecular formula is C13H20FNO. The first-order chi connectivity index (χ1) is 7.65. The van der Waals surface area contributed by atoms with Crippen molar-refractivity contribution in [2.45, 2.75) is 25.6 Å². The Balaban J connectivity index is 2.51. The van der Waals surface area contributed by atoms with Crippen LogP contribution in [0.25, 0.3) is 0 Å². The molecule has 0 aliphatic carbocycles. The molecule has 3 heteroatoms. The van der Waals surface area contributed by atoms with Crippen molar-refractivity contribution >= 4 is 0 Å². The van der Waals surface area contributed by atoms with Crippen LogP contribution in [0, 0.1) is 0 Å². The van der Waals surface area contributed by atoms with Gasteiger partial charge in [0.25, 0.3) is 0 Å². The number of hydrogen-bond acceptors (Lipinski definition) is 2. The molecule has 16 heavy (non-hydrogen) atoms. The van der Waals surface area contributed by atoms with Gasteiger partial charge < -0.3 is 5.11 Å². The van der Waals surface area contributed by atoms with Crippen molar-refractivity contribution in [3.05, 3.63) is 35.9 Å². The number of aliphatic hydroxyl groups is 1. The molecule has 0 heterocycles. The van der Waals surface area contributed by atoms with Crippen LogP contribution in [0.1, 0.15) is 24.9 Å². The Bertz CT molecular complexity index is 291. The summed E-state index contributed by atoms with van der Waals surface area (Å²) in [7, 11) is 1.90. The number of aliphatic hydroxyl groups excluding tert-OH is 1.